The molecule has 0 N–H and O–H groups in total. The van der Waals surface area contributed by atoms with E-state index in [-0.39, 0.29) is 28.5 Å². The Balaban J connectivity index is 1.58. The minimum absolute atomic E-state index is 0.0374. The Bertz CT molecular complexity index is 1360. The summed E-state index contributed by atoms with van der Waals surface area (Å²) >= 11 is 0. The van der Waals surface area contributed by atoms with E-state index in [9.17, 15) is 36.9 Å². The zero-order valence-electron chi connectivity index (χ0n) is 17.1. The molecule has 0 spiro atoms. The molecule has 0 saturated heterocycles. The van der Waals surface area contributed by atoms with Gasteiger partial charge in [0, 0.05) is 18.2 Å². The van der Waals surface area contributed by atoms with Crippen LogP contribution in [0.3, 0.4) is 0 Å². The molecule has 1 aliphatic heterocycles. The predicted octanol–water partition coefficient (Wildman–Crippen LogP) is 5.79. The van der Waals surface area contributed by atoms with Crippen LogP contribution in [0.2, 0.25) is 0 Å². The summed E-state index contributed by atoms with van der Waals surface area (Å²) in [4.78, 5) is 22.9. The van der Waals surface area contributed by atoms with Crippen molar-refractivity contribution in [2.45, 2.75) is 13.5 Å². The lowest BCUT2D eigenvalue weighted by Crippen LogP contribution is -2.10. The van der Waals surface area contributed by atoms with Gasteiger partial charge in [0.15, 0.2) is 29.0 Å². The van der Waals surface area contributed by atoms with Crippen molar-refractivity contribution in [2.24, 2.45) is 0 Å². The molecule has 0 radical (unpaired) electrons. The predicted molar refractivity (Wildman–Crippen MR) is 108 cm³/mol. The number of halogens is 5. The smallest absolute Gasteiger partial charge is 0.269 e. The van der Waals surface area contributed by atoms with Gasteiger partial charge in [-0.2, -0.15) is 0 Å². The molecule has 0 saturated carbocycles. The van der Waals surface area contributed by atoms with Gasteiger partial charge >= 0.3 is 0 Å². The number of nitro benzene ring substituents is 1. The molecule has 1 heterocycles. The number of carbonyl (C=O) groups is 1. The summed E-state index contributed by atoms with van der Waals surface area (Å²) in [5.74, 6) is -11.0. The first kappa shape index (κ1) is 22.9. The van der Waals surface area contributed by atoms with E-state index in [0.717, 1.165) is 0 Å². The lowest BCUT2D eigenvalue weighted by Gasteiger charge is -2.11. The molecule has 0 amide bonds. The maximum absolute atomic E-state index is 13.9. The van der Waals surface area contributed by atoms with Crippen LogP contribution in [0.4, 0.5) is 27.6 Å². The van der Waals surface area contributed by atoms with Crippen molar-refractivity contribution < 1.29 is 41.1 Å². The van der Waals surface area contributed by atoms with Crippen molar-refractivity contribution in [3.63, 3.8) is 0 Å². The average Bonchev–Trinajstić information content (AvgIpc) is 3.12. The van der Waals surface area contributed by atoms with Gasteiger partial charge in [-0.25, -0.2) is 22.0 Å². The molecular weight excluding hydrogens is 465 g/mol. The lowest BCUT2D eigenvalue weighted by atomic mass is 10.0. The standard InChI is InChI=1S/C23H12F5NO5/c1-10-6-13(33-9-14-18(24)20(26)22(28)21(27)19(14)25)8-15-17(10)23(30)16(34-15)7-11-2-4-12(5-3-11)29(31)32/h2-8H,9H2,1H3/b16-7-. The van der Waals surface area contributed by atoms with E-state index in [0.29, 0.717) is 11.1 Å². The summed E-state index contributed by atoms with van der Waals surface area (Å²) in [5, 5.41) is 10.8. The van der Waals surface area contributed by atoms with Gasteiger partial charge in [0.25, 0.3) is 5.69 Å². The Hall–Kier alpha value is -4.28. The highest BCUT2D eigenvalue weighted by atomic mass is 19.2. The van der Waals surface area contributed by atoms with Gasteiger partial charge in [-0.05, 0) is 42.3 Å². The first-order chi connectivity index (χ1) is 16.1. The molecule has 3 aromatic rings. The van der Waals surface area contributed by atoms with Gasteiger partial charge in [0.2, 0.25) is 11.6 Å². The summed E-state index contributed by atoms with van der Waals surface area (Å²) < 4.78 is 78.5. The minimum atomic E-state index is -2.27. The molecule has 1 aliphatic rings. The second-order valence-corrected chi connectivity index (χ2v) is 7.24. The Morgan fingerprint density at radius 3 is 2.15 bits per heavy atom. The van der Waals surface area contributed by atoms with Crippen LogP contribution in [-0.4, -0.2) is 10.7 Å². The van der Waals surface area contributed by atoms with Crippen LogP contribution < -0.4 is 9.47 Å². The quantitative estimate of drug-likeness (QED) is 0.116. The second-order valence-electron chi connectivity index (χ2n) is 7.24. The average molecular weight is 477 g/mol. The Kier molecular flexibility index (Phi) is 5.78. The number of benzene rings is 3. The van der Waals surface area contributed by atoms with Gasteiger partial charge in [0.1, 0.15) is 18.1 Å². The van der Waals surface area contributed by atoms with Gasteiger partial charge in [-0.3, -0.25) is 14.9 Å². The third kappa shape index (κ3) is 3.96. The SMILES string of the molecule is Cc1cc(OCc2c(F)c(F)c(F)c(F)c2F)cc2c1C(=O)/C(=C/c1ccc([N+](=O)[O-])cc1)O2. The van der Waals surface area contributed by atoms with Gasteiger partial charge < -0.3 is 9.47 Å². The molecule has 0 unspecified atom stereocenters. The van der Waals surface area contributed by atoms with E-state index in [1.807, 2.05) is 0 Å². The number of non-ortho nitro benzene ring substituents is 1. The van der Waals surface area contributed by atoms with Crippen LogP contribution in [0.15, 0.2) is 42.2 Å². The van der Waals surface area contributed by atoms with E-state index in [2.05, 4.69) is 0 Å². The van der Waals surface area contributed by atoms with Crippen LogP contribution >= 0.6 is 0 Å². The van der Waals surface area contributed by atoms with Crippen LogP contribution in [0.25, 0.3) is 6.08 Å². The molecular formula is C23H12F5NO5. The highest BCUT2D eigenvalue weighted by Gasteiger charge is 2.31. The molecule has 0 fully saturated rings. The number of hydrogen-bond donors (Lipinski definition) is 0. The fraction of sp³-hybridized carbons (Fsp3) is 0.0870. The van der Waals surface area contributed by atoms with E-state index < -0.39 is 52.0 Å². The van der Waals surface area contributed by atoms with Crippen molar-refractivity contribution >= 4 is 17.5 Å². The van der Waals surface area contributed by atoms with Gasteiger partial charge in [-0.15, -0.1) is 0 Å². The van der Waals surface area contributed by atoms with Crippen LogP contribution in [-0.2, 0) is 6.61 Å². The number of aryl methyl sites for hydroxylation is 1. The number of nitro groups is 1. The molecule has 3 aromatic carbocycles. The fourth-order valence-electron chi connectivity index (χ4n) is 3.34. The van der Waals surface area contributed by atoms with E-state index >= 15 is 0 Å². The molecule has 4 rings (SSSR count). The summed E-state index contributed by atoms with van der Waals surface area (Å²) in [6.07, 6.45) is 1.38. The Morgan fingerprint density at radius 2 is 1.56 bits per heavy atom. The van der Waals surface area contributed by atoms with Crippen LogP contribution in [0, 0.1) is 46.1 Å². The van der Waals surface area contributed by atoms with Crippen molar-refractivity contribution in [2.75, 3.05) is 0 Å². The molecule has 0 bridgehead atoms. The van der Waals surface area contributed by atoms with Crippen molar-refractivity contribution in [1.82, 2.24) is 0 Å². The van der Waals surface area contributed by atoms with Crippen LogP contribution in [0.1, 0.15) is 27.0 Å². The summed E-state index contributed by atoms with van der Waals surface area (Å²) in [6, 6.07) is 7.96. The van der Waals surface area contributed by atoms with E-state index in [1.165, 1.54) is 42.5 Å². The number of hydrogen-bond acceptors (Lipinski definition) is 5. The van der Waals surface area contributed by atoms with Crippen LogP contribution in [0.5, 0.6) is 11.5 Å². The number of fused-ring (bicyclic) bond motifs is 1. The first-order valence-electron chi connectivity index (χ1n) is 9.55. The molecule has 6 nitrogen and oxygen atoms in total. The summed E-state index contributed by atoms with van der Waals surface area (Å²) in [5.41, 5.74) is -0.248. The fourth-order valence-corrected chi connectivity index (χ4v) is 3.34. The summed E-state index contributed by atoms with van der Waals surface area (Å²) in [6.45, 7) is 0.573. The van der Waals surface area contributed by atoms with E-state index in [1.54, 1.807) is 6.92 Å². The number of carbonyl (C=O) groups excluding carboxylic acids is 1. The number of ketones is 1. The Morgan fingerprint density at radius 1 is 0.971 bits per heavy atom. The number of allylic oxidation sites excluding steroid dienone is 1. The molecule has 34 heavy (non-hydrogen) atoms. The molecule has 174 valence electrons. The molecule has 0 aromatic heterocycles. The minimum Gasteiger partial charge on any atom is -0.489 e. The van der Waals surface area contributed by atoms with Gasteiger partial charge in [-0.1, -0.05) is 0 Å². The Labute approximate surface area is 188 Å². The largest absolute Gasteiger partial charge is 0.489 e. The third-order valence-corrected chi connectivity index (χ3v) is 5.03. The normalized spacial score (nSPS) is 13.7. The highest BCUT2D eigenvalue weighted by molar-refractivity contribution is 6.15. The molecule has 11 heteroatoms. The molecule has 0 atom stereocenters. The third-order valence-electron chi connectivity index (χ3n) is 5.03. The number of ether oxygens (including phenoxy) is 2. The van der Waals surface area contributed by atoms with Crippen molar-refractivity contribution in [1.29, 1.82) is 0 Å². The maximum Gasteiger partial charge on any atom is 0.269 e. The van der Waals surface area contributed by atoms with Crippen molar-refractivity contribution in [3.05, 3.63) is 104 Å². The number of rotatable bonds is 5. The zero-order chi connectivity index (χ0) is 24.7. The van der Waals surface area contributed by atoms with E-state index in [4.69, 9.17) is 9.47 Å². The van der Waals surface area contributed by atoms with Gasteiger partial charge in [0.05, 0.1) is 16.1 Å². The van der Waals surface area contributed by atoms with Crippen molar-refractivity contribution in [3.8, 4) is 11.5 Å². The monoisotopic (exact) mass is 477 g/mol. The maximum atomic E-state index is 13.9. The molecule has 0 aliphatic carbocycles. The number of Topliss-reactive ketones (excluding diaryl/α,β-unsaturated/α-hetero) is 1. The highest BCUT2D eigenvalue weighted by Crippen LogP contribution is 2.38. The topological polar surface area (TPSA) is 78.7 Å². The zero-order valence-corrected chi connectivity index (χ0v) is 17.1. The second kappa shape index (κ2) is 8.58. The first-order valence-corrected chi connectivity index (χ1v) is 9.55. The summed E-state index contributed by atoms with van der Waals surface area (Å²) in [7, 11) is 0. The number of nitrogens with zero attached hydrogens (tertiary/aromatic N) is 1. The lowest BCUT2D eigenvalue weighted by molar-refractivity contribution is -0.384.